The molecule has 4 rings (SSSR count). The van der Waals surface area contributed by atoms with Gasteiger partial charge in [-0.15, -0.1) is 0 Å². The number of carbonyl (C=O) groups is 1. The van der Waals surface area contributed by atoms with Crippen LogP contribution in [-0.4, -0.2) is 28.7 Å². The Morgan fingerprint density at radius 1 is 0.903 bits per heavy atom. The van der Waals surface area contributed by atoms with Crippen molar-refractivity contribution in [2.45, 2.75) is 11.4 Å². The van der Waals surface area contributed by atoms with Crippen LogP contribution >= 0.6 is 11.6 Å². The van der Waals surface area contributed by atoms with Gasteiger partial charge in [0.25, 0.3) is 10.0 Å². The molecule has 0 unspecified atom stereocenters. The number of sulfonamides is 1. The van der Waals surface area contributed by atoms with E-state index in [9.17, 15) is 13.2 Å². The molecule has 1 aliphatic heterocycles. The highest BCUT2D eigenvalue weighted by Gasteiger charge is 2.42. The van der Waals surface area contributed by atoms with Crippen molar-refractivity contribution in [3.05, 3.63) is 77.3 Å². The van der Waals surface area contributed by atoms with Crippen LogP contribution in [0.5, 0.6) is 11.5 Å². The summed E-state index contributed by atoms with van der Waals surface area (Å²) in [7, 11) is -1.22. The number of carbonyl (C=O) groups excluding carboxylic acids is 1. The van der Waals surface area contributed by atoms with E-state index in [2.05, 4.69) is 0 Å². The molecule has 0 saturated carbocycles. The minimum absolute atomic E-state index is 0.0401. The highest BCUT2D eigenvalue weighted by atomic mass is 35.5. The third-order valence-electron chi connectivity index (χ3n) is 4.93. The molecule has 1 aliphatic rings. The first-order valence-corrected chi connectivity index (χ1v) is 11.1. The second-order valence-corrected chi connectivity index (χ2v) is 8.96. The molecule has 3 aromatic carbocycles. The van der Waals surface area contributed by atoms with Crippen molar-refractivity contribution in [2.75, 3.05) is 23.4 Å². The molecule has 160 valence electrons. The molecule has 0 radical (unpaired) electrons. The van der Waals surface area contributed by atoms with Gasteiger partial charge >= 0.3 is 6.03 Å². The van der Waals surface area contributed by atoms with Crippen LogP contribution in [0.1, 0.15) is 5.56 Å². The first-order valence-electron chi connectivity index (χ1n) is 9.29. The minimum Gasteiger partial charge on any atom is -0.493 e. The van der Waals surface area contributed by atoms with Gasteiger partial charge in [0.2, 0.25) is 0 Å². The fourth-order valence-electron chi connectivity index (χ4n) is 3.44. The van der Waals surface area contributed by atoms with Gasteiger partial charge in [0.1, 0.15) is 4.90 Å². The minimum atomic E-state index is -4.14. The number of hydrogen-bond donors (Lipinski definition) is 0. The third kappa shape index (κ3) is 3.68. The number of ether oxygens (including phenoxy) is 2. The molecular formula is C22H19ClN2O5S. The molecule has 0 fully saturated rings. The van der Waals surface area contributed by atoms with Crippen LogP contribution in [0, 0.1) is 0 Å². The Morgan fingerprint density at radius 3 is 2.26 bits per heavy atom. The summed E-state index contributed by atoms with van der Waals surface area (Å²) >= 11 is 5.97. The lowest BCUT2D eigenvalue weighted by Gasteiger charge is -2.36. The molecule has 0 bridgehead atoms. The van der Waals surface area contributed by atoms with Crippen molar-refractivity contribution in [1.82, 2.24) is 0 Å². The predicted octanol–water partition coefficient (Wildman–Crippen LogP) is 4.69. The van der Waals surface area contributed by atoms with E-state index in [4.69, 9.17) is 21.1 Å². The molecule has 0 spiro atoms. The fraction of sp³-hybridized carbons (Fsp3) is 0.136. The van der Waals surface area contributed by atoms with Crippen LogP contribution in [-0.2, 0) is 16.6 Å². The highest BCUT2D eigenvalue weighted by Crippen LogP contribution is 2.40. The quantitative estimate of drug-likeness (QED) is 0.554. The van der Waals surface area contributed by atoms with Crippen LogP contribution in [0.15, 0.2) is 71.6 Å². The zero-order valence-corrected chi connectivity index (χ0v) is 18.4. The van der Waals surface area contributed by atoms with Crippen molar-refractivity contribution in [3.63, 3.8) is 0 Å². The molecule has 0 aromatic heterocycles. The lowest BCUT2D eigenvalue weighted by molar-refractivity contribution is 0.253. The number of nitrogens with zero attached hydrogens (tertiary/aromatic N) is 2. The van der Waals surface area contributed by atoms with E-state index in [-0.39, 0.29) is 17.1 Å². The highest BCUT2D eigenvalue weighted by molar-refractivity contribution is 7.94. The number of halogens is 1. The van der Waals surface area contributed by atoms with E-state index < -0.39 is 16.1 Å². The van der Waals surface area contributed by atoms with Gasteiger partial charge in [-0.3, -0.25) is 4.90 Å². The lowest BCUT2D eigenvalue weighted by atomic mass is 10.2. The summed E-state index contributed by atoms with van der Waals surface area (Å²) in [5.74, 6) is 0.734. The normalized spacial score (nSPS) is 14.9. The first kappa shape index (κ1) is 21.0. The SMILES string of the molecule is COc1ccc(N2C(=O)N(Cc3ccc(Cl)cc3)c3ccccc3S2(=O)=O)cc1OC. The summed E-state index contributed by atoms with van der Waals surface area (Å²) < 4.78 is 38.1. The molecule has 7 nitrogen and oxygen atoms in total. The molecule has 9 heteroatoms. The zero-order chi connectivity index (χ0) is 22.2. The number of benzene rings is 3. The summed E-state index contributed by atoms with van der Waals surface area (Å²) in [6.45, 7) is 0.173. The monoisotopic (exact) mass is 458 g/mol. The summed E-state index contributed by atoms with van der Waals surface area (Å²) in [6.07, 6.45) is 0. The number of anilines is 2. The number of urea groups is 1. The fourth-order valence-corrected chi connectivity index (χ4v) is 5.15. The van der Waals surface area contributed by atoms with E-state index >= 15 is 0 Å². The van der Waals surface area contributed by atoms with Gasteiger partial charge in [-0.1, -0.05) is 35.9 Å². The van der Waals surface area contributed by atoms with E-state index in [0.29, 0.717) is 22.2 Å². The Labute approximate surface area is 185 Å². The maximum atomic E-state index is 13.5. The van der Waals surface area contributed by atoms with E-state index in [0.717, 1.165) is 9.87 Å². The molecule has 2 amide bonds. The van der Waals surface area contributed by atoms with Gasteiger partial charge in [0, 0.05) is 11.1 Å². The summed E-state index contributed by atoms with van der Waals surface area (Å²) in [6, 6.07) is 17.3. The number of fused-ring (bicyclic) bond motifs is 1. The second kappa shape index (κ2) is 8.13. The molecule has 1 heterocycles. The maximum Gasteiger partial charge on any atom is 0.343 e. The number of para-hydroxylation sites is 1. The van der Waals surface area contributed by atoms with Crippen LogP contribution in [0.25, 0.3) is 0 Å². The molecular weight excluding hydrogens is 440 g/mol. The van der Waals surface area contributed by atoms with Gasteiger partial charge in [-0.05, 0) is 42.0 Å². The topological polar surface area (TPSA) is 76.2 Å². The number of methoxy groups -OCH3 is 2. The Hall–Kier alpha value is -3.23. The Balaban J connectivity index is 1.85. The number of amides is 2. The predicted molar refractivity (Wildman–Crippen MR) is 119 cm³/mol. The smallest absolute Gasteiger partial charge is 0.343 e. The van der Waals surface area contributed by atoms with Crippen molar-refractivity contribution >= 4 is 39.0 Å². The third-order valence-corrected chi connectivity index (χ3v) is 6.94. The second-order valence-electron chi connectivity index (χ2n) is 6.77. The molecule has 0 atom stereocenters. The molecule has 3 aromatic rings. The van der Waals surface area contributed by atoms with Crippen LogP contribution in [0.4, 0.5) is 16.2 Å². The summed E-state index contributed by atoms with van der Waals surface area (Å²) in [5, 5.41) is 0.573. The molecule has 31 heavy (non-hydrogen) atoms. The van der Waals surface area contributed by atoms with Crippen LogP contribution in [0.3, 0.4) is 0 Å². The van der Waals surface area contributed by atoms with Crippen LogP contribution in [0.2, 0.25) is 5.02 Å². The van der Waals surface area contributed by atoms with Crippen LogP contribution < -0.4 is 18.7 Å². The Morgan fingerprint density at radius 2 is 1.58 bits per heavy atom. The molecule has 0 aliphatic carbocycles. The molecule has 0 saturated heterocycles. The van der Waals surface area contributed by atoms with Gasteiger partial charge in [-0.2, -0.15) is 4.31 Å². The van der Waals surface area contributed by atoms with Gasteiger partial charge in [0.15, 0.2) is 11.5 Å². The largest absolute Gasteiger partial charge is 0.493 e. The standard InChI is InChI=1S/C22H19ClN2O5S/c1-29-19-12-11-17(13-20(19)30-2)25-22(26)24(14-15-7-9-16(23)10-8-15)18-5-3-4-6-21(18)31(25,27)28/h3-13H,14H2,1-2H3. The Kier molecular flexibility index (Phi) is 5.51. The average Bonchev–Trinajstić information content (AvgIpc) is 2.77. The number of rotatable bonds is 5. The average molecular weight is 459 g/mol. The zero-order valence-electron chi connectivity index (χ0n) is 16.8. The van der Waals surface area contributed by atoms with Crippen molar-refractivity contribution in [3.8, 4) is 11.5 Å². The first-order chi connectivity index (χ1) is 14.9. The van der Waals surface area contributed by atoms with Gasteiger partial charge in [-0.25, -0.2) is 13.2 Å². The van der Waals surface area contributed by atoms with Crippen molar-refractivity contribution < 1.29 is 22.7 Å². The molecule has 0 N–H and O–H groups in total. The Bertz CT molecular complexity index is 1250. The van der Waals surface area contributed by atoms with Gasteiger partial charge < -0.3 is 9.47 Å². The van der Waals surface area contributed by atoms with E-state index in [1.165, 1.54) is 37.3 Å². The summed E-state index contributed by atoms with van der Waals surface area (Å²) in [4.78, 5) is 15.0. The van der Waals surface area contributed by atoms with Crippen molar-refractivity contribution in [1.29, 1.82) is 0 Å². The van der Waals surface area contributed by atoms with Gasteiger partial charge in [0.05, 0.1) is 32.1 Å². The van der Waals surface area contributed by atoms with E-state index in [1.807, 2.05) is 0 Å². The lowest BCUT2D eigenvalue weighted by Crippen LogP contribution is -2.50. The van der Waals surface area contributed by atoms with E-state index in [1.54, 1.807) is 48.5 Å². The maximum absolute atomic E-state index is 13.5. The number of hydrogen-bond acceptors (Lipinski definition) is 5. The van der Waals surface area contributed by atoms with Crippen molar-refractivity contribution in [2.24, 2.45) is 0 Å². The summed E-state index contributed by atoms with van der Waals surface area (Å²) in [5.41, 5.74) is 1.27.